The molecule has 200 valence electrons. The van der Waals surface area contributed by atoms with Gasteiger partial charge in [0, 0.05) is 18.4 Å². The van der Waals surface area contributed by atoms with E-state index in [0.29, 0.717) is 5.56 Å². The fraction of sp³-hybridized carbons (Fsp3) is 0.310. The first-order valence-electron chi connectivity index (χ1n) is 12.4. The van der Waals surface area contributed by atoms with Crippen molar-refractivity contribution in [3.05, 3.63) is 89.5 Å². The lowest BCUT2D eigenvalue weighted by Gasteiger charge is -2.20. The van der Waals surface area contributed by atoms with E-state index >= 15 is 0 Å². The highest BCUT2D eigenvalue weighted by Gasteiger charge is 2.29. The van der Waals surface area contributed by atoms with Crippen molar-refractivity contribution in [2.75, 3.05) is 19.4 Å². The summed E-state index contributed by atoms with van der Waals surface area (Å²) in [5, 5.41) is 2.75. The van der Waals surface area contributed by atoms with E-state index in [1.165, 1.54) is 12.1 Å². The number of rotatable bonds is 10. The van der Waals surface area contributed by atoms with E-state index in [2.05, 4.69) is 17.4 Å². The second-order valence-corrected chi connectivity index (χ2v) is 11.1. The van der Waals surface area contributed by atoms with Gasteiger partial charge in [-0.1, -0.05) is 60.7 Å². The predicted molar refractivity (Wildman–Crippen MR) is 144 cm³/mol. The molecule has 3 aromatic rings. The molecule has 1 aliphatic rings. The van der Waals surface area contributed by atoms with Crippen molar-refractivity contribution in [3.8, 4) is 16.9 Å². The number of hydrogen-bond acceptors (Lipinski definition) is 7. The van der Waals surface area contributed by atoms with Crippen molar-refractivity contribution in [2.24, 2.45) is 0 Å². The van der Waals surface area contributed by atoms with Gasteiger partial charge in [-0.3, -0.25) is 4.79 Å². The van der Waals surface area contributed by atoms with Crippen molar-refractivity contribution in [1.82, 2.24) is 5.32 Å². The Hall–Kier alpha value is -3.85. The molecule has 0 fully saturated rings. The van der Waals surface area contributed by atoms with Crippen molar-refractivity contribution in [2.45, 2.75) is 38.2 Å². The SMILES string of the molecule is CC(C)OC(=O)CC(CNC(=O)OCC1c2ccccc2-c2ccccc21)c1cccc(OS(C)(=O)=O)c1. The zero-order chi connectivity index (χ0) is 27.3. The number of nitrogens with one attached hydrogen (secondary N) is 1. The summed E-state index contributed by atoms with van der Waals surface area (Å²) in [6.45, 7) is 3.74. The van der Waals surface area contributed by atoms with Gasteiger partial charge in [-0.2, -0.15) is 8.42 Å². The van der Waals surface area contributed by atoms with Gasteiger partial charge < -0.3 is 19.0 Å². The minimum Gasteiger partial charge on any atom is -0.463 e. The van der Waals surface area contributed by atoms with Crippen LogP contribution in [0, 0.1) is 0 Å². The van der Waals surface area contributed by atoms with Crippen LogP contribution in [0.3, 0.4) is 0 Å². The lowest BCUT2D eigenvalue weighted by atomic mass is 9.95. The third-order valence-corrected chi connectivity index (χ3v) is 6.69. The Morgan fingerprint density at radius 1 is 0.921 bits per heavy atom. The average molecular weight is 538 g/mol. The van der Waals surface area contributed by atoms with Gasteiger partial charge >= 0.3 is 22.2 Å². The summed E-state index contributed by atoms with van der Waals surface area (Å²) in [6.07, 6.45) is 0.0239. The maximum Gasteiger partial charge on any atom is 0.407 e. The molecule has 4 rings (SSSR count). The van der Waals surface area contributed by atoms with E-state index < -0.39 is 28.1 Å². The number of carbonyl (C=O) groups is 2. The average Bonchev–Trinajstić information content (AvgIpc) is 3.17. The monoisotopic (exact) mass is 537 g/mol. The molecular weight excluding hydrogens is 506 g/mol. The Kier molecular flexibility index (Phi) is 8.36. The maximum atomic E-state index is 12.7. The third-order valence-electron chi connectivity index (χ3n) is 6.19. The number of amides is 1. The van der Waals surface area contributed by atoms with E-state index in [1.54, 1.807) is 26.0 Å². The largest absolute Gasteiger partial charge is 0.463 e. The van der Waals surface area contributed by atoms with Crippen molar-refractivity contribution in [3.63, 3.8) is 0 Å². The van der Waals surface area contributed by atoms with Crippen molar-refractivity contribution in [1.29, 1.82) is 0 Å². The lowest BCUT2D eigenvalue weighted by molar-refractivity contribution is -0.147. The molecule has 0 saturated carbocycles. The molecule has 1 amide bonds. The van der Waals surface area contributed by atoms with Crippen LogP contribution < -0.4 is 9.50 Å². The van der Waals surface area contributed by atoms with Gasteiger partial charge in [0.25, 0.3) is 0 Å². The number of hydrogen-bond donors (Lipinski definition) is 1. The molecule has 1 N–H and O–H groups in total. The summed E-state index contributed by atoms with van der Waals surface area (Å²) in [7, 11) is -3.72. The van der Waals surface area contributed by atoms with Crippen LogP contribution in [0.4, 0.5) is 4.79 Å². The predicted octanol–water partition coefficient (Wildman–Crippen LogP) is 4.99. The van der Waals surface area contributed by atoms with Crippen LogP contribution in [0.25, 0.3) is 11.1 Å². The Bertz CT molecular complexity index is 1370. The van der Waals surface area contributed by atoms with Gasteiger partial charge in [0.15, 0.2) is 0 Å². The Labute approximate surface area is 223 Å². The van der Waals surface area contributed by atoms with Gasteiger partial charge in [-0.25, -0.2) is 4.79 Å². The van der Waals surface area contributed by atoms with E-state index in [-0.39, 0.29) is 37.3 Å². The minimum absolute atomic E-state index is 0.0236. The molecule has 0 heterocycles. The number of ether oxygens (including phenoxy) is 2. The zero-order valence-corrected chi connectivity index (χ0v) is 22.4. The van der Waals surface area contributed by atoms with Crippen LogP contribution in [-0.4, -0.2) is 46.0 Å². The number of benzene rings is 3. The molecule has 1 aliphatic carbocycles. The van der Waals surface area contributed by atoms with Crippen LogP contribution in [0.15, 0.2) is 72.8 Å². The highest BCUT2D eigenvalue weighted by Crippen LogP contribution is 2.44. The highest BCUT2D eigenvalue weighted by atomic mass is 32.2. The Morgan fingerprint density at radius 2 is 1.55 bits per heavy atom. The standard InChI is InChI=1S/C29H31NO7S/c1-19(2)36-28(31)16-21(20-9-8-10-22(15-20)37-38(3,33)34)17-30-29(32)35-18-27-25-13-6-4-11-23(25)24-12-5-7-14-26(24)27/h4-15,19,21,27H,16-18H2,1-3H3,(H,30,32). The highest BCUT2D eigenvalue weighted by molar-refractivity contribution is 7.86. The van der Waals surface area contributed by atoms with Crippen molar-refractivity contribution >= 4 is 22.2 Å². The first-order valence-corrected chi connectivity index (χ1v) is 14.2. The first-order chi connectivity index (χ1) is 18.1. The number of carbonyl (C=O) groups excluding carboxylic acids is 2. The van der Waals surface area contributed by atoms with Gasteiger partial charge in [-0.05, 0) is 53.8 Å². The molecule has 0 aliphatic heterocycles. The van der Waals surface area contributed by atoms with Crippen LogP contribution in [-0.2, 0) is 24.4 Å². The summed E-state index contributed by atoms with van der Waals surface area (Å²) in [4.78, 5) is 25.2. The summed E-state index contributed by atoms with van der Waals surface area (Å²) >= 11 is 0. The molecule has 0 saturated heterocycles. The second kappa shape index (κ2) is 11.7. The van der Waals surface area contributed by atoms with Crippen molar-refractivity contribution < 1.29 is 31.7 Å². The van der Waals surface area contributed by atoms with E-state index in [4.69, 9.17) is 13.7 Å². The number of alkyl carbamates (subject to hydrolysis) is 1. The normalized spacial score (nSPS) is 13.4. The van der Waals surface area contributed by atoms with Crippen LogP contribution >= 0.6 is 0 Å². The van der Waals surface area contributed by atoms with E-state index in [0.717, 1.165) is 28.5 Å². The molecular formula is C29H31NO7S. The molecule has 8 nitrogen and oxygen atoms in total. The minimum atomic E-state index is -3.72. The smallest absolute Gasteiger partial charge is 0.407 e. The molecule has 0 radical (unpaired) electrons. The summed E-state index contributed by atoms with van der Waals surface area (Å²) in [6, 6.07) is 22.6. The van der Waals surface area contributed by atoms with Crippen LogP contribution in [0.1, 0.15) is 48.8 Å². The fourth-order valence-corrected chi connectivity index (χ4v) is 5.12. The first kappa shape index (κ1) is 27.2. The molecule has 0 bridgehead atoms. The van der Waals surface area contributed by atoms with Gasteiger partial charge in [0.2, 0.25) is 0 Å². The summed E-state index contributed by atoms with van der Waals surface area (Å²) < 4.78 is 39.0. The summed E-state index contributed by atoms with van der Waals surface area (Å²) in [5.74, 6) is -0.887. The lowest BCUT2D eigenvalue weighted by Crippen LogP contribution is -2.31. The number of esters is 1. The van der Waals surface area contributed by atoms with Gasteiger partial charge in [0.05, 0.1) is 18.8 Å². The number of fused-ring (bicyclic) bond motifs is 3. The molecule has 1 unspecified atom stereocenters. The van der Waals surface area contributed by atoms with E-state index in [1.807, 2.05) is 36.4 Å². The molecule has 38 heavy (non-hydrogen) atoms. The van der Waals surface area contributed by atoms with Crippen LogP contribution in [0.5, 0.6) is 5.75 Å². The van der Waals surface area contributed by atoms with Crippen LogP contribution in [0.2, 0.25) is 0 Å². The fourth-order valence-electron chi connectivity index (χ4n) is 4.67. The Balaban J connectivity index is 1.44. The second-order valence-electron chi connectivity index (χ2n) is 9.51. The van der Waals surface area contributed by atoms with Gasteiger partial charge in [-0.15, -0.1) is 0 Å². The molecule has 3 aromatic carbocycles. The molecule has 9 heteroatoms. The zero-order valence-electron chi connectivity index (χ0n) is 21.5. The molecule has 0 spiro atoms. The maximum absolute atomic E-state index is 12.7. The Morgan fingerprint density at radius 3 is 2.16 bits per heavy atom. The third kappa shape index (κ3) is 6.92. The quantitative estimate of drug-likeness (QED) is 0.287. The van der Waals surface area contributed by atoms with E-state index in [9.17, 15) is 18.0 Å². The summed E-state index contributed by atoms with van der Waals surface area (Å²) in [5.41, 5.74) is 5.11. The topological polar surface area (TPSA) is 108 Å². The van der Waals surface area contributed by atoms with Gasteiger partial charge in [0.1, 0.15) is 12.4 Å². The molecule has 0 aromatic heterocycles. The molecule has 1 atom stereocenters.